The number of anilines is 2. The molecule has 0 bridgehead atoms. The summed E-state index contributed by atoms with van der Waals surface area (Å²) < 4.78 is 5.34. The third kappa shape index (κ3) is 3.10. The second kappa shape index (κ2) is 5.68. The fourth-order valence-corrected chi connectivity index (χ4v) is 2.16. The molecule has 96 valence electrons. The van der Waals surface area contributed by atoms with E-state index in [1.165, 1.54) is 0 Å². The number of pyridine rings is 1. The number of nitrogens with one attached hydrogen (secondary N) is 1. The Morgan fingerprint density at radius 3 is 2.89 bits per heavy atom. The van der Waals surface area contributed by atoms with E-state index in [9.17, 15) is 0 Å². The van der Waals surface area contributed by atoms with Gasteiger partial charge in [0.15, 0.2) is 0 Å². The maximum Gasteiger partial charge on any atom is 0.239 e. The van der Waals surface area contributed by atoms with Crippen LogP contribution in [0.3, 0.4) is 0 Å². The molecule has 0 saturated heterocycles. The van der Waals surface area contributed by atoms with E-state index >= 15 is 0 Å². The number of nitrogen functional groups attached to an aromatic ring is 1. The van der Waals surface area contributed by atoms with E-state index in [0.29, 0.717) is 24.7 Å². The number of ether oxygens (including phenoxy) is 1. The summed E-state index contributed by atoms with van der Waals surface area (Å²) in [6, 6.07) is 3.62. The highest BCUT2D eigenvalue weighted by atomic mass is 32.1. The van der Waals surface area contributed by atoms with Crippen LogP contribution in [-0.2, 0) is 6.54 Å². The Morgan fingerprint density at radius 1 is 1.39 bits per heavy atom. The Kier molecular flexibility index (Phi) is 3.99. The maximum atomic E-state index is 5.76. The van der Waals surface area contributed by atoms with Crippen LogP contribution >= 0.6 is 11.3 Å². The number of aromatic nitrogens is 2. The zero-order valence-electron chi connectivity index (χ0n) is 10.4. The van der Waals surface area contributed by atoms with E-state index in [1.807, 2.05) is 25.3 Å². The Morgan fingerprint density at radius 2 is 2.22 bits per heavy atom. The summed E-state index contributed by atoms with van der Waals surface area (Å²) in [5, 5.41) is 6.26. The van der Waals surface area contributed by atoms with Gasteiger partial charge in [0.05, 0.1) is 18.8 Å². The first-order valence-electron chi connectivity index (χ1n) is 5.73. The van der Waals surface area contributed by atoms with Gasteiger partial charge in [0, 0.05) is 11.1 Å². The molecule has 6 heteroatoms. The van der Waals surface area contributed by atoms with Crippen LogP contribution in [0.15, 0.2) is 17.5 Å². The first-order chi connectivity index (χ1) is 8.69. The minimum Gasteiger partial charge on any atom is -0.476 e. The number of rotatable bonds is 5. The first kappa shape index (κ1) is 12.6. The number of nitrogens with two attached hydrogens (primary N) is 1. The third-order valence-electron chi connectivity index (χ3n) is 2.26. The van der Waals surface area contributed by atoms with Crippen molar-refractivity contribution < 1.29 is 4.74 Å². The molecule has 0 spiro atoms. The fourth-order valence-electron chi connectivity index (χ4n) is 1.45. The third-order valence-corrected chi connectivity index (χ3v) is 3.22. The average Bonchev–Trinajstić information content (AvgIpc) is 2.76. The molecule has 0 radical (unpaired) electrons. The van der Waals surface area contributed by atoms with Gasteiger partial charge in [-0.15, -0.1) is 11.3 Å². The van der Waals surface area contributed by atoms with Crippen LogP contribution in [-0.4, -0.2) is 16.6 Å². The standard InChI is InChI=1S/C12H16N4OS/c1-3-17-12-9(13)4-5-10(16-12)14-6-11-15-8(2)7-18-11/h4-5,7H,3,6,13H2,1-2H3,(H,14,16). The molecule has 18 heavy (non-hydrogen) atoms. The first-order valence-corrected chi connectivity index (χ1v) is 6.61. The normalized spacial score (nSPS) is 10.3. The molecule has 0 fully saturated rings. The second-order valence-electron chi connectivity index (χ2n) is 3.76. The van der Waals surface area contributed by atoms with E-state index < -0.39 is 0 Å². The van der Waals surface area contributed by atoms with Crippen molar-refractivity contribution in [3.8, 4) is 5.88 Å². The molecular weight excluding hydrogens is 248 g/mol. The summed E-state index contributed by atoms with van der Waals surface area (Å²) in [6.07, 6.45) is 0. The minimum atomic E-state index is 0.470. The second-order valence-corrected chi connectivity index (χ2v) is 4.70. The van der Waals surface area contributed by atoms with Crippen LogP contribution in [0.4, 0.5) is 11.5 Å². The van der Waals surface area contributed by atoms with E-state index in [2.05, 4.69) is 15.3 Å². The van der Waals surface area contributed by atoms with E-state index in [-0.39, 0.29) is 0 Å². The van der Waals surface area contributed by atoms with Crippen molar-refractivity contribution in [3.63, 3.8) is 0 Å². The quantitative estimate of drug-likeness (QED) is 0.867. The molecule has 0 amide bonds. The number of aryl methyl sites for hydroxylation is 1. The lowest BCUT2D eigenvalue weighted by Gasteiger charge is -2.08. The van der Waals surface area contributed by atoms with Crippen LogP contribution in [0, 0.1) is 6.92 Å². The Bertz CT molecular complexity index is 527. The summed E-state index contributed by atoms with van der Waals surface area (Å²) in [6.45, 7) is 5.08. The monoisotopic (exact) mass is 264 g/mol. The van der Waals surface area contributed by atoms with Gasteiger partial charge in [0.1, 0.15) is 10.8 Å². The van der Waals surface area contributed by atoms with E-state index in [0.717, 1.165) is 16.5 Å². The smallest absolute Gasteiger partial charge is 0.239 e. The van der Waals surface area contributed by atoms with Gasteiger partial charge in [-0.1, -0.05) is 0 Å². The van der Waals surface area contributed by atoms with Crippen molar-refractivity contribution in [2.75, 3.05) is 17.7 Å². The fraction of sp³-hybridized carbons (Fsp3) is 0.333. The molecule has 5 nitrogen and oxygen atoms in total. The van der Waals surface area contributed by atoms with Crippen molar-refractivity contribution >= 4 is 22.8 Å². The Balaban J connectivity index is 2.03. The lowest BCUT2D eigenvalue weighted by molar-refractivity contribution is 0.329. The van der Waals surface area contributed by atoms with Gasteiger partial charge in [0.2, 0.25) is 5.88 Å². The minimum absolute atomic E-state index is 0.470. The molecular formula is C12H16N4OS. The molecule has 2 rings (SSSR count). The largest absolute Gasteiger partial charge is 0.476 e. The molecule has 0 aliphatic heterocycles. The highest BCUT2D eigenvalue weighted by molar-refractivity contribution is 7.09. The average molecular weight is 264 g/mol. The van der Waals surface area contributed by atoms with Crippen LogP contribution in [0.1, 0.15) is 17.6 Å². The lowest BCUT2D eigenvalue weighted by atomic mass is 10.4. The van der Waals surface area contributed by atoms with Gasteiger partial charge in [-0.05, 0) is 26.0 Å². The molecule has 0 atom stereocenters. The van der Waals surface area contributed by atoms with Crippen molar-refractivity contribution in [2.24, 2.45) is 0 Å². The van der Waals surface area contributed by atoms with Crippen molar-refractivity contribution in [1.82, 2.24) is 9.97 Å². The molecule has 2 aromatic rings. The lowest BCUT2D eigenvalue weighted by Crippen LogP contribution is -2.04. The van der Waals surface area contributed by atoms with Gasteiger partial charge in [-0.3, -0.25) is 0 Å². The predicted molar refractivity (Wildman–Crippen MR) is 74.0 cm³/mol. The molecule has 2 heterocycles. The summed E-state index contributed by atoms with van der Waals surface area (Å²) in [4.78, 5) is 8.68. The molecule has 0 aromatic carbocycles. The van der Waals surface area contributed by atoms with Crippen molar-refractivity contribution in [3.05, 3.63) is 28.2 Å². The summed E-state index contributed by atoms with van der Waals surface area (Å²) in [7, 11) is 0. The van der Waals surface area contributed by atoms with Crippen LogP contribution in [0.25, 0.3) is 0 Å². The Labute approximate surface area is 110 Å². The van der Waals surface area contributed by atoms with Crippen molar-refractivity contribution in [1.29, 1.82) is 0 Å². The van der Waals surface area contributed by atoms with Crippen LogP contribution in [0.2, 0.25) is 0 Å². The molecule has 0 saturated carbocycles. The summed E-state index contributed by atoms with van der Waals surface area (Å²) in [5.41, 5.74) is 7.35. The topological polar surface area (TPSA) is 73.1 Å². The molecule has 0 aliphatic rings. The number of nitrogens with zero attached hydrogens (tertiary/aromatic N) is 2. The van der Waals surface area contributed by atoms with Crippen LogP contribution < -0.4 is 15.8 Å². The summed E-state index contributed by atoms with van der Waals surface area (Å²) >= 11 is 1.63. The molecule has 0 aliphatic carbocycles. The van der Waals surface area contributed by atoms with Crippen molar-refractivity contribution in [2.45, 2.75) is 20.4 Å². The molecule has 2 aromatic heterocycles. The predicted octanol–water partition coefficient (Wildman–Crippen LogP) is 2.44. The van der Waals surface area contributed by atoms with Crippen LogP contribution in [0.5, 0.6) is 5.88 Å². The SMILES string of the molecule is CCOc1nc(NCc2nc(C)cs2)ccc1N. The number of hydrogen-bond acceptors (Lipinski definition) is 6. The van der Waals surface area contributed by atoms with E-state index in [1.54, 1.807) is 17.4 Å². The van der Waals surface area contributed by atoms with E-state index in [4.69, 9.17) is 10.5 Å². The molecule has 0 unspecified atom stereocenters. The van der Waals surface area contributed by atoms with Gasteiger partial charge < -0.3 is 15.8 Å². The molecule has 3 N–H and O–H groups in total. The summed E-state index contributed by atoms with van der Waals surface area (Å²) in [5.74, 6) is 1.21. The zero-order chi connectivity index (χ0) is 13.0. The Hall–Kier alpha value is -1.82. The number of thiazole rings is 1. The maximum absolute atomic E-state index is 5.76. The highest BCUT2D eigenvalue weighted by Gasteiger charge is 2.04. The van der Waals surface area contributed by atoms with Gasteiger partial charge >= 0.3 is 0 Å². The number of hydrogen-bond donors (Lipinski definition) is 2. The zero-order valence-corrected chi connectivity index (χ0v) is 11.3. The highest BCUT2D eigenvalue weighted by Crippen LogP contribution is 2.21. The van der Waals surface area contributed by atoms with Gasteiger partial charge in [-0.2, -0.15) is 4.98 Å². The van der Waals surface area contributed by atoms with Gasteiger partial charge in [0.25, 0.3) is 0 Å². The van der Waals surface area contributed by atoms with Gasteiger partial charge in [-0.25, -0.2) is 4.98 Å².